The van der Waals surface area contributed by atoms with E-state index in [9.17, 15) is 4.79 Å². The standard InChI is InChI=1S/C4H6O2.CH3Cl/c1-3-6-4(2)5;1-2/h3H,1H2,2H3;1H3. The molecule has 0 aliphatic heterocycles. The van der Waals surface area contributed by atoms with E-state index in [0.29, 0.717) is 0 Å². The number of hydrogen-bond acceptors (Lipinski definition) is 2. The van der Waals surface area contributed by atoms with Crippen LogP contribution in [-0.2, 0) is 9.53 Å². The lowest BCUT2D eigenvalue weighted by molar-refractivity contribution is -0.135. The van der Waals surface area contributed by atoms with Gasteiger partial charge in [0.25, 0.3) is 0 Å². The minimum atomic E-state index is -0.329. The number of carbonyl (C=O) groups is 1. The zero-order valence-corrected chi connectivity index (χ0v) is 5.73. The third-order valence-electron chi connectivity index (χ3n) is 0.249. The van der Waals surface area contributed by atoms with Crippen molar-refractivity contribution in [2.24, 2.45) is 0 Å². The molecule has 2 nitrogen and oxygen atoms in total. The van der Waals surface area contributed by atoms with E-state index in [-0.39, 0.29) is 5.97 Å². The van der Waals surface area contributed by atoms with Crippen molar-refractivity contribution < 1.29 is 9.53 Å². The Bertz CT molecular complexity index is 70.8. The number of alkyl halides is 1. The summed E-state index contributed by atoms with van der Waals surface area (Å²) in [4.78, 5) is 9.75. The smallest absolute Gasteiger partial charge is 0.307 e. The summed E-state index contributed by atoms with van der Waals surface area (Å²) in [7, 11) is 0. The van der Waals surface area contributed by atoms with Crippen LogP contribution in [0.3, 0.4) is 0 Å². The third-order valence-corrected chi connectivity index (χ3v) is 0.249. The summed E-state index contributed by atoms with van der Waals surface area (Å²) in [5.41, 5.74) is 0. The fraction of sp³-hybridized carbons (Fsp3) is 0.400. The summed E-state index contributed by atoms with van der Waals surface area (Å²) in [5.74, 6) is -0.329. The Morgan fingerprint density at radius 2 is 2.12 bits per heavy atom. The lowest BCUT2D eigenvalue weighted by Crippen LogP contribution is -1.87. The molecule has 0 rings (SSSR count). The highest BCUT2D eigenvalue weighted by Gasteiger charge is 1.79. The average molecular weight is 137 g/mol. The second kappa shape index (κ2) is 9.71. The normalized spacial score (nSPS) is 5.88. The molecule has 0 heterocycles. The molecule has 0 bridgehead atoms. The molecule has 0 aliphatic rings. The van der Waals surface area contributed by atoms with Crippen LogP contribution in [0.2, 0.25) is 0 Å². The molecule has 48 valence electrons. The van der Waals surface area contributed by atoms with Gasteiger partial charge in [-0.3, -0.25) is 4.79 Å². The van der Waals surface area contributed by atoms with Gasteiger partial charge in [-0.15, -0.1) is 11.6 Å². The Morgan fingerprint density at radius 3 is 2.12 bits per heavy atom. The molecule has 0 saturated carbocycles. The van der Waals surface area contributed by atoms with Crippen LogP contribution in [-0.4, -0.2) is 12.4 Å². The van der Waals surface area contributed by atoms with Gasteiger partial charge in [0.2, 0.25) is 0 Å². The Labute approximate surface area is 54.1 Å². The fourth-order valence-corrected chi connectivity index (χ4v) is 0.117. The molecule has 0 fully saturated rings. The van der Waals surface area contributed by atoms with E-state index < -0.39 is 0 Å². The van der Waals surface area contributed by atoms with E-state index in [2.05, 4.69) is 22.9 Å². The van der Waals surface area contributed by atoms with Gasteiger partial charge < -0.3 is 4.74 Å². The summed E-state index contributed by atoms with van der Waals surface area (Å²) >= 11 is 4.64. The number of hydrogen-bond donors (Lipinski definition) is 0. The second-order valence-corrected chi connectivity index (χ2v) is 0.776. The first-order chi connectivity index (χ1) is 3.77. The number of rotatable bonds is 1. The molecule has 0 aromatic rings. The summed E-state index contributed by atoms with van der Waals surface area (Å²) < 4.78 is 4.17. The molecule has 0 aromatic heterocycles. The van der Waals surface area contributed by atoms with Crippen molar-refractivity contribution >= 4 is 17.6 Å². The summed E-state index contributed by atoms with van der Waals surface area (Å²) in [6.07, 6.45) is 2.57. The maximum Gasteiger partial charge on any atom is 0.307 e. The zero-order chi connectivity index (χ0) is 6.99. The molecule has 3 heteroatoms. The topological polar surface area (TPSA) is 26.3 Å². The van der Waals surface area contributed by atoms with Crippen molar-refractivity contribution in [2.45, 2.75) is 6.92 Å². The van der Waals surface area contributed by atoms with Crippen LogP contribution in [0, 0.1) is 0 Å². The van der Waals surface area contributed by atoms with E-state index in [4.69, 9.17) is 0 Å². The predicted octanol–water partition coefficient (Wildman–Crippen LogP) is 1.55. The molecule has 0 aliphatic carbocycles. The van der Waals surface area contributed by atoms with Gasteiger partial charge in [-0.05, 0) is 0 Å². The van der Waals surface area contributed by atoms with Crippen LogP contribution in [0.4, 0.5) is 0 Å². The van der Waals surface area contributed by atoms with Crippen molar-refractivity contribution in [3.63, 3.8) is 0 Å². The van der Waals surface area contributed by atoms with Crippen LogP contribution in [0.25, 0.3) is 0 Å². The predicted molar refractivity (Wildman–Crippen MR) is 33.7 cm³/mol. The van der Waals surface area contributed by atoms with E-state index in [1.807, 2.05) is 0 Å². The number of carbonyl (C=O) groups excluding carboxylic acids is 1. The van der Waals surface area contributed by atoms with Crippen molar-refractivity contribution in [2.75, 3.05) is 6.38 Å². The van der Waals surface area contributed by atoms with Crippen molar-refractivity contribution in [1.29, 1.82) is 0 Å². The van der Waals surface area contributed by atoms with E-state index in [0.717, 1.165) is 6.26 Å². The van der Waals surface area contributed by atoms with Crippen molar-refractivity contribution in [3.8, 4) is 0 Å². The highest BCUT2D eigenvalue weighted by atomic mass is 35.5. The Hall–Kier alpha value is -0.500. The van der Waals surface area contributed by atoms with E-state index >= 15 is 0 Å². The van der Waals surface area contributed by atoms with Gasteiger partial charge >= 0.3 is 5.97 Å². The van der Waals surface area contributed by atoms with Gasteiger partial charge in [-0.2, -0.15) is 0 Å². The fourth-order valence-electron chi connectivity index (χ4n) is 0.117. The van der Waals surface area contributed by atoms with Gasteiger partial charge in [0.15, 0.2) is 0 Å². The van der Waals surface area contributed by atoms with Gasteiger partial charge in [0, 0.05) is 13.3 Å². The molecule has 8 heavy (non-hydrogen) atoms. The maximum atomic E-state index is 9.75. The molecule has 0 radical (unpaired) electrons. The van der Waals surface area contributed by atoms with Crippen molar-refractivity contribution in [1.82, 2.24) is 0 Å². The largest absolute Gasteiger partial charge is 0.435 e. The van der Waals surface area contributed by atoms with Gasteiger partial charge in [-0.25, -0.2) is 0 Å². The first-order valence-corrected chi connectivity index (χ1v) is 2.69. The number of halogens is 1. The first-order valence-electron chi connectivity index (χ1n) is 1.93. The molecule has 0 amide bonds. The lowest BCUT2D eigenvalue weighted by atomic mass is 10.8. The quantitative estimate of drug-likeness (QED) is 0.311. The summed E-state index contributed by atoms with van der Waals surface area (Å²) in [5, 5.41) is 0. The van der Waals surface area contributed by atoms with Crippen molar-refractivity contribution in [3.05, 3.63) is 12.8 Å². The zero-order valence-electron chi connectivity index (χ0n) is 4.98. The SMILES string of the molecule is C=COC(C)=O.CCl. The minimum absolute atomic E-state index is 0.329. The molecule has 0 N–H and O–H groups in total. The number of ether oxygens (including phenoxy) is 1. The Kier molecular flexibility index (Phi) is 12.7. The van der Waals surface area contributed by atoms with Gasteiger partial charge in [0.1, 0.15) is 0 Å². The van der Waals surface area contributed by atoms with Crippen LogP contribution in [0.5, 0.6) is 0 Å². The monoisotopic (exact) mass is 136 g/mol. The molecular formula is C5H9ClO2. The molecule has 0 aromatic carbocycles. The molecular weight excluding hydrogens is 128 g/mol. The highest BCUT2D eigenvalue weighted by molar-refractivity contribution is 6.15. The molecule has 0 unspecified atom stereocenters. The Balaban J connectivity index is 0. The first kappa shape index (κ1) is 10.5. The van der Waals surface area contributed by atoms with Crippen LogP contribution in [0.1, 0.15) is 6.92 Å². The summed E-state index contributed by atoms with van der Waals surface area (Å²) in [6.45, 7) is 4.48. The Morgan fingerprint density at radius 1 is 1.75 bits per heavy atom. The van der Waals surface area contributed by atoms with Crippen LogP contribution in [0.15, 0.2) is 12.8 Å². The number of esters is 1. The van der Waals surface area contributed by atoms with Gasteiger partial charge in [0.05, 0.1) is 6.26 Å². The minimum Gasteiger partial charge on any atom is -0.435 e. The maximum absolute atomic E-state index is 9.75. The average Bonchev–Trinajstić information content (AvgIpc) is 1.72. The second-order valence-electron chi connectivity index (χ2n) is 0.776. The van der Waals surface area contributed by atoms with Crippen LogP contribution < -0.4 is 0 Å². The molecule has 0 saturated heterocycles. The van der Waals surface area contributed by atoms with Crippen LogP contribution >= 0.6 is 11.6 Å². The summed E-state index contributed by atoms with van der Waals surface area (Å²) in [6, 6.07) is 0. The van der Waals surface area contributed by atoms with Gasteiger partial charge in [-0.1, -0.05) is 6.58 Å². The third kappa shape index (κ3) is 17.8. The lowest BCUT2D eigenvalue weighted by Gasteiger charge is -1.83. The molecule has 0 atom stereocenters. The van der Waals surface area contributed by atoms with E-state index in [1.54, 1.807) is 0 Å². The van der Waals surface area contributed by atoms with E-state index in [1.165, 1.54) is 13.3 Å². The molecule has 0 spiro atoms. The highest BCUT2D eigenvalue weighted by Crippen LogP contribution is 1.70.